The van der Waals surface area contributed by atoms with Gasteiger partial charge in [-0.25, -0.2) is 15.0 Å². The molecule has 23 heavy (non-hydrogen) atoms. The number of amides is 1. The van der Waals surface area contributed by atoms with Gasteiger partial charge >= 0.3 is 0 Å². The molecular weight excluding hydrogens is 367 g/mol. The number of hydrogen-bond donors (Lipinski definition) is 1. The number of halogens is 3. The molecule has 0 saturated carbocycles. The smallest absolute Gasteiger partial charge is 0.229 e. The first-order chi connectivity index (χ1) is 11.0. The van der Waals surface area contributed by atoms with E-state index in [-0.39, 0.29) is 0 Å². The largest absolute Gasteiger partial charge is 0.378 e. The Bertz CT molecular complexity index is 698. The maximum absolute atomic E-state index is 10.8. The Hall–Kier alpha value is -1.35. The van der Waals surface area contributed by atoms with Crippen LogP contribution in [0, 0.1) is 0 Å². The van der Waals surface area contributed by atoms with Gasteiger partial charge in [0.15, 0.2) is 23.1 Å². The summed E-state index contributed by atoms with van der Waals surface area (Å²) in [7, 11) is 0. The van der Waals surface area contributed by atoms with E-state index in [0.29, 0.717) is 49.7 Å². The van der Waals surface area contributed by atoms with Crippen molar-refractivity contribution in [1.29, 1.82) is 0 Å². The van der Waals surface area contributed by atoms with Gasteiger partial charge < -0.3 is 15.0 Å². The molecule has 0 radical (unpaired) electrons. The fourth-order valence-electron chi connectivity index (χ4n) is 2.43. The molecule has 2 aromatic heterocycles. The van der Waals surface area contributed by atoms with E-state index in [0.717, 1.165) is 0 Å². The lowest BCUT2D eigenvalue weighted by molar-refractivity contribution is -0.110. The number of aromatic nitrogens is 4. The molecule has 0 unspecified atom stereocenters. The zero-order valence-electron chi connectivity index (χ0n) is 11.8. The van der Waals surface area contributed by atoms with E-state index in [1.54, 1.807) is 0 Å². The molecule has 0 aromatic carbocycles. The third-order valence-electron chi connectivity index (χ3n) is 3.46. The molecule has 1 fully saturated rings. The van der Waals surface area contributed by atoms with Crippen molar-refractivity contribution in [2.24, 2.45) is 0 Å². The average molecular weight is 380 g/mol. The van der Waals surface area contributed by atoms with Crippen LogP contribution >= 0.6 is 34.8 Å². The fraction of sp³-hybridized carbons (Fsp3) is 0.500. The number of hydrogen-bond acceptors (Lipinski definition) is 6. The van der Waals surface area contributed by atoms with Crippen LogP contribution in [0.2, 0.25) is 0 Å². The number of ether oxygens (including phenoxy) is 1. The third-order valence-corrected chi connectivity index (χ3v) is 4.08. The molecular formula is C12H13Cl3N6O2. The van der Waals surface area contributed by atoms with E-state index >= 15 is 0 Å². The lowest BCUT2D eigenvalue weighted by atomic mass is 10.3. The van der Waals surface area contributed by atoms with Gasteiger partial charge in [-0.3, -0.25) is 9.36 Å². The van der Waals surface area contributed by atoms with Crippen molar-refractivity contribution in [3.05, 3.63) is 12.7 Å². The summed E-state index contributed by atoms with van der Waals surface area (Å²) in [5.41, 5.74) is 1.04. The molecule has 2 aromatic rings. The number of morpholine rings is 1. The minimum absolute atomic E-state index is 0.461. The zero-order chi connectivity index (χ0) is 16.4. The maximum Gasteiger partial charge on any atom is 0.229 e. The van der Waals surface area contributed by atoms with Crippen molar-refractivity contribution >= 4 is 58.2 Å². The predicted molar refractivity (Wildman–Crippen MR) is 86.9 cm³/mol. The Morgan fingerprint density at radius 1 is 1.26 bits per heavy atom. The third kappa shape index (κ3) is 3.30. The number of nitrogens with one attached hydrogen (secondary N) is 1. The van der Waals surface area contributed by atoms with E-state index in [4.69, 9.17) is 39.5 Å². The SMILES string of the molecule is O=CN[C@@H](n1cnc2c(N3CCOCC3)ncnc21)C(Cl)(Cl)Cl. The van der Waals surface area contributed by atoms with Crippen molar-refractivity contribution in [2.75, 3.05) is 31.2 Å². The van der Waals surface area contributed by atoms with Crippen LogP contribution in [-0.2, 0) is 9.53 Å². The molecule has 0 aliphatic carbocycles. The van der Waals surface area contributed by atoms with Gasteiger partial charge in [-0.2, -0.15) is 0 Å². The summed E-state index contributed by atoms with van der Waals surface area (Å²) in [5.74, 6) is 0.686. The monoisotopic (exact) mass is 378 g/mol. The van der Waals surface area contributed by atoms with Gasteiger partial charge in [0.25, 0.3) is 0 Å². The van der Waals surface area contributed by atoms with Crippen molar-refractivity contribution in [1.82, 2.24) is 24.8 Å². The Morgan fingerprint density at radius 2 is 2.00 bits per heavy atom. The second kappa shape index (κ2) is 6.64. The van der Waals surface area contributed by atoms with Gasteiger partial charge in [0.05, 0.1) is 19.5 Å². The Balaban J connectivity index is 2.05. The number of nitrogens with zero attached hydrogens (tertiary/aromatic N) is 5. The van der Waals surface area contributed by atoms with E-state index in [9.17, 15) is 4.79 Å². The van der Waals surface area contributed by atoms with Crippen LogP contribution in [0.5, 0.6) is 0 Å². The summed E-state index contributed by atoms with van der Waals surface area (Å²) < 4.78 is 5.08. The van der Waals surface area contributed by atoms with Crippen LogP contribution < -0.4 is 10.2 Å². The van der Waals surface area contributed by atoms with Crippen LogP contribution in [0.15, 0.2) is 12.7 Å². The van der Waals surface area contributed by atoms with Gasteiger partial charge in [-0.05, 0) is 0 Å². The lowest BCUT2D eigenvalue weighted by Gasteiger charge is -2.28. The van der Waals surface area contributed by atoms with Gasteiger partial charge in [0.1, 0.15) is 6.33 Å². The second-order valence-corrected chi connectivity index (χ2v) is 7.22. The van der Waals surface area contributed by atoms with Gasteiger partial charge in [0, 0.05) is 13.1 Å². The predicted octanol–water partition coefficient (Wildman–Crippen LogP) is 1.28. The van der Waals surface area contributed by atoms with Crippen LogP contribution in [0.1, 0.15) is 6.17 Å². The van der Waals surface area contributed by atoms with E-state index in [2.05, 4.69) is 25.2 Å². The molecule has 3 rings (SSSR count). The molecule has 1 saturated heterocycles. The normalized spacial score (nSPS) is 17.3. The first-order valence-electron chi connectivity index (χ1n) is 6.79. The van der Waals surface area contributed by atoms with E-state index < -0.39 is 9.96 Å². The highest BCUT2D eigenvalue weighted by Crippen LogP contribution is 2.38. The Kier molecular flexibility index (Phi) is 4.77. The molecule has 124 valence electrons. The number of rotatable bonds is 4. The standard InChI is InChI=1S/C12H13Cl3N6O2/c13-12(14,15)11(19-7-22)21-6-18-8-9(16-5-17-10(8)21)20-1-3-23-4-2-20/h5-7,11H,1-4H2,(H,19,22)/t11-/m0/s1. The summed E-state index contributed by atoms with van der Waals surface area (Å²) in [6.45, 7) is 2.66. The number of anilines is 1. The van der Waals surface area contributed by atoms with Gasteiger partial charge in [0.2, 0.25) is 10.2 Å². The average Bonchev–Trinajstić information content (AvgIpc) is 2.96. The fourth-order valence-corrected chi connectivity index (χ4v) is 2.94. The molecule has 1 amide bonds. The van der Waals surface area contributed by atoms with Crippen LogP contribution in [0.3, 0.4) is 0 Å². The summed E-state index contributed by atoms with van der Waals surface area (Å²) in [4.78, 5) is 25.7. The molecule has 1 N–H and O–H groups in total. The zero-order valence-corrected chi connectivity index (χ0v) is 14.1. The van der Waals surface area contributed by atoms with Crippen molar-refractivity contribution in [2.45, 2.75) is 9.96 Å². The number of fused-ring (bicyclic) bond motifs is 1. The molecule has 8 nitrogen and oxygen atoms in total. The number of carbonyl (C=O) groups is 1. The molecule has 11 heteroatoms. The molecule has 0 bridgehead atoms. The maximum atomic E-state index is 10.8. The van der Waals surface area contributed by atoms with E-state index in [1.165, 1.54) is 17.2 Å². The second-order valence-electron chi connectivity index (χ2n) is 4.85. The summed E-state index contributed by atoms with van der Waals surface area (Å²) in [6, 6.07) is 0. The molecule has 1 aliphatic rings. The van der Waals surface area contributed by atoms with Crippen LogP contribution in [0.25, 0.3) is 11.2 Å². The van der Waals surface area contributed by atoms with Crippen LogP contribution in [-0.4, -0.2) is 56.0 Å². The van der Waals surface area contributed by atoms with Gasteiger partial charge in [-0.15, -0.1) is 0 Å². The first-order valence-corrected chi connectivity index (χ1v) is 7.92. The summed E-state index contributed by atoms with van der Waals surface area (Å²) in [5, 5.41) is 2.47. The van der Waals surface area contributed by atoms with E-state index in [1.807, 2.05) is 0 Å². The van der Waals surface area contributed by atoms with Crippen LogP contribution in [0.4, 0.5) is 5.82 Å². The quantitative estimate of drug-likeness (QED) is 0.636. The Morgan fingerprint density at radius 3 is 2.65 bits per heavy atom. The number of imidazole rings is 1. The summed E-state index contributed by atoms with van der Waals surface area (Å²) in [6.07, 6.45) is 2.40. The highest BCUT2D eigenvalue weighted by Gasteiger charge is 2.35. The summed E-state index contributed by atoms with van der Waals surface area (Å²) >= 11 is 17.8. The lowest BCUT2D eigenvalue weighted by Crippen LogP contribution is -2.37. The van der Waals surface area contributed by atoms with Gasteiger partial charge in [-0.1, -0.05) is 34.8 Å². The molecule has 1 atom stereocenters. The Labute approximate surface area is 146 Å². The van der Waals surface area contributed by atoms with Crippen molar-refractivity contribution < 1.29 is 9.53 Å². The topological polar surface area (TPSA) is 85.2 Å². The molecule has 0 spiro atoms. The minimum Gasteiger partial charge on any atom is -0.378 e. The molecule has 3 heterocycles. The highest BCUT2D eigenvalue weighted by atomic mass is 35.6. The first kappa shape index (κ1) is 16.5. The highest BCUT2D eigenvalue weighted by molar-refractivity contribution is 6.67. The van der Waals surface area contributed by atoms with Crippen molar-refractivity contribution in [3.8, 4) is 0 Å². The van der Waals surface area contributed by atoms with Crippen molar-refractivity contribution in [3.63, 3.8) is 0 Å². The molecule has 1 aliphatic heterocycles. The number of carbonyl (C=O) groups excluding carboxylic acids is 1. The minimum atomic E-state index is -1.77. The number of alkyl halides is 3.